The minimum Gasteiger partial charge on any atom is -0.489 e. The quantitative estimate of drug-likeness (QED) is 0.462. The number of halogens is 2. The van der Waals surface area contributed by atoms with Gasteiger partial charge in [0.25, 0.3) is 5.91 Å². The summed E-state index contributed by atoms with van der Waals surface area (Å²) in [5.41, 5.74) is 0.481. The van der Waals surface area contributed by atoms with Gasteiger partial charge >= 0.3 is 6.09 Å². The Morgan fingerprint density at radius 1 is 1.21 bits per heavy atom. The Hall–Kier alpha value is -3.11. The van der Waals surface area contributed by atoms with Crippen molar-refractivity contribution in [3.8, 4) is 22.9 Å². The van der Waals surface area contributed by atoms with Gasteiger partial charge in [-0.2, -0.15) is 0 Å². The van der Waals surface area contributed by atoms with E-state index in [2.05, 4.69) is 25.8 Å². The molecule has 0 N–H and O–H groups in total. The molecular formula is C31H40ClFN4O5. The zero-order chi connectivity index (χ0) is 30.6. The van der Waals surface area contributed by atoms with E-state index < -0.39 is 23.6 Å². The standard InChI is InChI=1S/C31H40ClFN4O5/c1-18-9-8-10-20(33)22(18)25-24(32)26-23(27(34-25)41-17-21-31(5,6)11-12-35(21)7)28(38)37-14-13-36(15-19(37)16-40-26)29(39)42-30(2,3)4/h8-10,19,21H,11-17H2,1-7H3/t19-,21?/m1/s1. The van der Waals surface area contributed by atoms with Gasteiger partial charge in [0.15, 0.2) is 5.75 Å². The van der Waals surface area contributed by atoms with Crippen molar-refractivity contribution in [2.24, 2.45) is 5.41 Å². The highest BCUT2D eigenvalue weighted by Gasteiger charge is 2.43. The predicted molar refractivity (Wildman–Crippen MR) is 158 cm³/mol. The molecule has 0 radical (unpaired) electrons. The number of fused-ring (bicyclic) bond motifs is 2. The van der Waals surface area contributed by atoms with Gasteiger partial charge in [-0.3, -0.25) is 9.69 Å². The largest absolute Gasteiger partial charge is 0.489 e. The number of likely N-dealkylation sites (N-methyl/N-ethyl adjacent to an activating group) is 1. The molecule has 1 aromatic carbocycles. The predicted octanol–water partition coefficient (Wildman–Crippen LogP) is 5.41. The summed E-state index contributed by atoms with van der Waals surface area (Å²) in [6, 6.07) is 4.37. The fraction of sp³-hybridized carbons (Fsp3) is 0.581. The third kappa shape index (κ3) is 5.75. The first-order chi connectivity index (χ1) is 19.7. The lowest BCUT2D eigenvalue weighted by Gasteiger charge is -2.40. The highest BCUT2D eigenvalue weighted by atomic mass is 35.5. The molecule has 0 aliphatic carbocycles. The van der Waals surface area contributed by atoms with Crippen molar-refractivity contribution >= 4 is 23.6 Å². The second-order valence-corrected chi connectivity index (χ2v) is 13.5. The molecule has 4 heterocycles. The molecule has 2 amide bonds. The summed E-state index contributed by atoms with van der Waals surface area (Å²) in [4.78, 5) is 37.2. The molecule has 2 atom stereocenters. The van der Waals surface area contributed by atoms with Gasteiger partial charge in [-0.05, 0) is 64.8 Å². The summed E-state index contributed by atoms with van der Waals surface area (Å²) in [7, 11) is 2.05. The highest BCUT2D eigenvalue weighted by Crippen LogP contribution is 2.45. The topological polar surface area (TPSA) is 84.4 Å². The first-order valence-corrected chi connectivity index (χ1v) is 14.8. The normalized spacial score (nSPS) is 22.3. The number of piperazine rings is 1. The molecule has 42 heavy (non-hydrogen) atoms. The maximum Gasteiger partial charge on any atom is 0.410 e. The maximum absolute atomic E-state index is 15.2. The van der Waals surface area contributed by atoms with Gasteiger partial charge in [0, 0.05) is 31.2 Å². The first-order valence-electron chi connectivity index (χ1n) is 14.4. The van der Waals surface area contributed by atoms with E-state index in [0.717, 1.165) is 13.0 Å². The number of nitrogens with zero attached hydrogens (tertiary/aromatic N) is 4. The lowest BCUT2D eigenvalue weighted by atomic mass is 9.85. The van der Waals surface area contributed by atoms with E-state index in [-0.39, 0.29) is 77.1 Å². The zero-order valence-electron chi connectivity index (χ0n) is 25.4. The van der Waals surface area contributed by atoms with Gasteiger partial charge in [-0.25, -0.2) is 14.2 Å². The number of amides is 2. The third-order valence-corrected chi connectivity index (χ3v) is 8.82. The molecule has 11 heteroatoms. The van der Waals surface area contributed by atoms with E-state index >= 15 is 4.39 Å². The number of hydrogen-bond donors (Lipinski definition) is 0. The Bertz CT molecular complexity index is 1370. The summed E-state index contributed by atoms with van der Waals surface area (Å²) in [6.07, 6.45) is 0.565. The van der Waals surface area contributed by atoms with Crippen LogP contribution < -0.4 is 9.47 Å². The van der Waals surface area contributed by atoms with Crippen LogP contribution >= 0.6 is 11.6 Å². The molecule has 5 rings (SSSR count). The second kappa shape index (κ2) is 11.2. The SMILES string of the molecule is Cc1cccc(F)c1-c1nc(OCC2N(C)CCC2(C)C)c2c(c1Cl)OC[C@H]1CN(C(=O)OC(C)(C)C)CCN1C2=O. The van der Waals surface area contributed by atoms with Crippen molar-refractivity contribution in [2.45, 2.75) is 65.6 Å². The Balaban J connectivity index is 1.54. The molecule has 1 unspecified atom stereocenters. The number of pyridine rings is 1. The maximum atomic E-state index is 15.2. The highest BCUT2D eigenvalue weighted by molar-refractivity contribution is 6.35. The average molecular weight is 603 g/mol. The third-order valence-electron chi connectivity index (χ3n) is 8.47. The molecule has 0 bridgehead atoms. The van der Waals surface area contributed by atoms with E-state index in [1.807, 2.05) is 20.8 Å². The van der Waals surface area contributed by atoms with Gasteiger partial charge < -0.3 is 24.0 Å². The van der Waals surface area contributed by atoms with Gasteiger partial charge in [0.1, 0.15) is 35.2 Å². The van der Waals surface area contributed by atoms with Crippen molar-refractivity contribution in [3.05, 3.63) is 40.2 Å². The van der Waals surface area contributed by atoms with Crippen LogP contribution in [0.2, 0.25) is 5.02 Å². The Morgan fingerprint density at radius 3 is 2.60 bits per heavy atom. The minimum absolute atomic E-state index is 0.00726. The fourth-order valence-electron chi connectivity index (χ4n) is 6.02. The summed E-state index contributed by atoms with van der Waals surface area (Å²) in [5.74, 6) is -0.668. The number of aromatic nitrogens is 1. The van der Waals surface area contributed by atoms with E-state index in [9.17, 15) is 9.59 Å². The van der Waals surface area contributed by atoms with Crippen molar-refractivity contribution in [1.82, 2.24) is 19.7 Å². The van der Waals surface area contributed by atoms with Gasteiger partial charge in [-0.15, -0.1) is 0 Å². The average Bonchev–Trinajstić information content (AvgIpc) is 3.07. The van der Waals surface area contributed by atoms with Crippen LogP contribution in [0.4, 0.5) is 9.18 Å². The first kappa shape index (κ1) is 30.4. The number of hydrogen-bond acceptors (Lipinski definition) is 7. The monoisotopic (exact) mass is 602 g/mol. The van der Waals surface area contributed by atoms with E-state index in [1.165, 1.54) is 6.07 Å². The molecule has 0 saturated carbocycles. The summed E-state index contributed by atoms with van der Waals surface area (Å²) in [6.45, 7) is 13.7. The molecular weight excluding hydrogens is 563 g/mol. The van der Waals surface area contributed by atoms with Crippen molar-refractivity contribution in [1.29, 1.82) is 0 Å². The molecule has 2 saturated heterocycles. The number of carbonyl (C=O) groups is 2. The van der Waals surface area contributed by atoms with E-state index in [4.69, 9.17) is 30.8 Å². The number of ether oxygens (including phenoxy) is 3. The van der Waals surface area contributed by atoms with Crippen LogP contribution in [0.25, 0.3) is 11.3 Å². The lowest BCUT2D eigenvalue weighted by Crippen LogP contribution is -2.58. The van der Waals surface area contributed by atoms with Crippen LogP contribution in [0.3, 0.4) is 0 Å². The van der Waals surface area contributed by atoms with Crippen molar-refractivity contribution in [2.75, 3.05) is 46.4 Å². The van der Waals surface area contributed by atoms with Crippen LogP contribution in [0.1, 0.15) is 57.0 Å². The van der Waals surface area contributed by atoms with Crippen LogP contribution in [-0.4, -0.2) is 95.8 Å². The lowest BCUT2D eigenvalue weighted by molar-refractivity contribution is 0.000885. The summed E-state index contributed by atoms with van der Waals surface area (Å²) < 4.78 is 33.4. The van der Waals surface area contributed by atoms with Gasteiger partial charge in [-0.1, -0.05) is 37.6 Å². The zero-order valence-corrected chi connectivity index (χ0v) is 26.2. The Kier molecular flexibility index (Phi) is 8.08. The molecule has 228 valence electrons. The molecule has 9 nitrogen and oxygen atoms in total. The van der Waals surface area contributed by atoms with Crippen LogP contribution in [-0.2, 0) is 4.74 Å². The van der Waals surface area contributed by atoms with Crippen molar-refractivity contribution < 1.29 is 28.2 Å². The molecule has 1 aromatic heterocycles. The molecule has 3 aliphatic heterocycles. The molecule has 2 aromatic rings. The number of aryl methyl sites for hydroxylation is 1. The smallest absolute Gasteiger partial charge is 0.410 e. The summed E-state index contributed by atoms with van der Waals surface area (Å²) in [5, 5.41) is 0.0426. The second-order valence-electron chi connectivity index (χ2n) is 13.2. The number of benzene rings is 1. The van der Waals surface area contributed by atoms with E-state index in [0.29, 0.717) is 12.1 Å². The van der Waals surface area contributed by atoms with Crippen LogP contribution in [0.15, 0.2) is 18.2 Å². The fourth-order valence-corrected chi connectivity index (χ4v) is 6.31. The Labute approximate surface area is 251 Å². The number of rotatable bonds is 4. The number of likely N-dealkylation sites (tertiary alicyclic amines) is 1. The van der Waals surface area contributed by atoms with E-state index in [1.54, 1.807) is 28.9 Å². The number of carbonyl (C=O) groups excluding carboxylic acids is 2. The van der Waals surface area contributed by atoms with Crippen molar-refractivity contribution in [3.63, 3.8) is 0 Å². The van der Waals surface area contributed by atoms with Crippen LogP contribution in [0, 0.1) is 18.2 Å². The molecule has 2 fully saturated rings. The molecule has 0 spiro atoms. The van der Waals surface area contributed by atoms with Crippen LogP contribution in [0.5, 0.6) is 11.6 Å². The molecule has 3 aliphatic rings. The van der Waals surface area contributed by atoms with Gasteiger partial charge in [0.05, 0.1) is 11.7 Å². The van der Waals surface area contributed by atoms with Gasteiger partial charge in [0.2, 0.25) is 5.88 Å². The minimum atomic E-state index is -0.644. The summed E-state index contributed by atoms with van der Waals surface area (Å²) >= 11 is 6.89. The Morgan fingerprint density at radius 2 is 1.95 bits per heavy atom.